The summed E-state index contributed by atoms with van der Waals surface area (Å²) < 4.78 is 69.0. The Morgan fingerprint density at radius 2 is 0.426 bits per heavy atom. The van der Waals surface area contributed by atoms with E-state index in [0.717, 1.165) is 108 Å². The monoisotopic (exact) mass is 1580 g/mol. The Morgan fingerprint density at radius 3 is 0.630 bits per heavy atom. The van der Waals surface area contributed by atoms with Gasteiger partial charge in [0, 0.05) is 25.7 Å². The topological polar surface area (TPSA) is 237 Å². The van der Waals surface area contributed by atoms with Crippen LogP contribution in [0.15, 0.2) is 0 Å². The minimum atomic E-state index is -4.97. The summed E-state index contributed by atoms with van der Waals surface area (Å²) in [5.41, 5.74) is 0. The van der Waals surface area contributed by atoms with Crippen LogP contribution in [0.1, 0.15) is 472 Å². The van der Waals surface area contributed by atoms with Gasteiger partial charge in [-0.3, -0.25) is 37.3 Å². The van der Waals surface area contributed by atoms with Crippen molar-refractivity contribution in [2.24, 2.45) is 17.8 Å². The molecule has 3 N–H and O–H groups in total. The molecule has 0 aromatic heterocycles. The first-order valence-electron chi connectivity index (χ1n) is 45.8. The standard InChI is InChI=1S/C89H174O17P2/c1-8-9-10-11-12-13-14-25-35-42-49-56-63-70-86(91)99-76-84(105-89(94)73-66-59-52-45-38-31-24-18-21-28-34-41-48-55-62-69-82(6)7)78-103-107(95,96)101-74-83(90)75-102-108(97,98)104-79-85(77-100-87(92)71-64-57-50-43-36-29-23-17-20-27-33-40-47-54-61-68-81(4)5)106-88(93)72-65-58-51-44-37-30-22-16-15-19-26-32-39-46-53-60-67-80(2)3/h80-85,90H,8-79H2,1-7H3,(H,95,96)(H,97,98)/t83-,84+,85+/m0/s1. The van der Waals surface area contributed by atoms with E-state index in [1.165, 1.54) is 283 Å². The maximum absolute atomic E-state index is 13.2. The lowest BCUT2D eigenvalue weighted by atomic mass is 10.0. The first-order chi connectivity index (χ1) is 52.2. The quantitative estimate of drug-likeness (QED) is 0.0222. The molecule has 0 rings (SSSR count). The lowest BCUT2D eigenvalue weighted by Crippen LogP contribution is -2.30. The number of hydrogen-bond acceptors (Lipinski definition) is 15. The number of carbonyl (C=O) groups is 4. The summed E-state index contributed by atoms with van der Waals surface area (Å²) in [4.78, 5) is 73.4. The molecule has 17 nitrogen and oxygen atoms in total. The van der Waals surface area contributed by atoms with E-state index in [2.05, 4.69) is 48.5 Å². The Hall–Kier alpha value is -1.94. The first kappa shape index (κ1) is 106. The highest BCUT2D eigenvalue weighted by Crippen LogP contribution is 2.45. The average molecular weight is 1580 g/mol. The van der Waals surface area contributed by atoms with Crippen LogP contribution in [0, 0.1) is 17.8 Å². The van der Waals surface area contributed by atoms with Gasteiger partial charge < -0.3 is 33.8 Å². The van der Waals surface area contributed by atoms with Gasteiger partial charge in [0.25, 0.3) is 0 Å². The van der Waals surface area contributed by atoms with Gasteiger partial charge in [-0.2, -0.15) is 0 Å². The molecule has 0 aliphatic rings. The third-order valence-electron chi connectivity index (χ3n) is 20.9. The van der Waals surface area contributed by atoms with Gasteiger partial charge in [-0.25, -0.2) is 9.13 Å². The van der Waals surface area contributed by atoms with Gasteiger partial charge in [-0.05, 0) is 43.4 Å². The van der Waals surface area contributed by atoms with Crippen molar-refractivity contribution in [1.82, 2.24) is 0 Å². The Balaban J connectivity index is 5.27. The van der Waals surface area contributed by atoms with E-state index < -0.39 is 97.5 Å². The van der Waals surface area contributed by atoms with Crippen LogP contribution in [0.5, 0.6) is 0 Å². The average Bonchev–Trinajstić information content (AvgIpc) is 0.898. The van der Waals surface area contributed by atoms with Crippen LogP contribution >= 0.6 is 15.6 Å². The summed E-state index contributed by atoms with van der Waals surface area (Å²) in [7, 11) is -9.93. The molecule has 2 unspecified atom stereocenters. The van der Waals surface area contributed by atoms with Crippen LogP contribution in [0.3, 0.4) is 0 Å². The van der Waals surface area contributed by atoms with Crippen molar-refractivity contribution in [2.75, 3.05) is 39.6 Å². The van der Waals surface area contributed by atoms with E-state index in [1.54, 1.807) is 0 Å². The second-order valence-electron chi connectivity index (χ2n) is 33.4. The fourth-order valence-corrected chi connectivity index (χ4v) is 15.5. The van der Waals surface area contributed by atoms with Gasteiger partial charge in [-0.1, -0.05) is 421 Å². The molecule has 0 aliphatic carbocycles. The molecule has 642 valence electrons. The molecule has 19 heteroatoms. The molecule has 0 spiro atoms. The highest BCUT2D eigenvalue weighted by atomic mass is 31.2. The van der Waals surface area contributed by atoms with E-state index >= 15 is 0 Å². The van der Waals surface area contributed by atoms with Crippen LogP contribution in [0.25, 0.3) is 0 Å². The van der Waals surface area contributed by atoms with Gasteiger partial charge in [0.15, 0.2) is 12.2 Å². The predicted octanol–water partition coefficient (Wildman–Crippen LogP) is 27.3. The summed E-state index contributed by atoms with van der Waals surface area (Å²) in [5, 5.41) is 10.7. The highest BCUT2D eigenvalue weighted by Gasteiger charge is 2.31. The number of hydrogen-bond donors (Lipinski definition) is 3. The lowest BCUT2D eigenvalue weighted by Gasteiger charge is -2.21. The number of ether oxygens (including phenoxy) is 4. The number of carbonyl (C=O) groups excluding carboxylic acids is 4. The molecule has 0 aliphatic heterocycles. The van der Waals surface area contributed by atoms with Gasteiger partial charge >= 0.3 is 39.5 Å². The van der Waals surface area contributed by atoms with Crippen LogP contribution in [0.4, 0.5) is 0 Å². The van der Waals surface area contributed by atoms with Crippen molar-refractivity contribution < 1.29 is 80.2 Å². The Bertz CT molecular complexity index is 2080. The fourth-order valence-electron chi connectivity index (χ4n) is 13.9. The molecule has 0 aromatic carbocycles. The molecule has 0 heterocycles. The van der Waals surface area contributed by atoms with Gasteiger partial charge in [0.2, 0.25) is 0 Å². The Labute approximate surface area is 664 Å². The van der Waals surface area contributed by atoms with E-state index in [1.807, 2.05) is 0 Å². The molecule has 0 amide bonds. The third kappa shape index (κ3) is 82.1. The fraction of sp³-hybridized carbons (Fsp3) is 0.955. The van der Waals surface area contributed by atoms with Crippen molar-refractivity contribution in [2.45, 2.75) is 491 Å². The number of aliphatic hydroxyl groups excluding tert-OH is 1. The van der Waals surface area contributed by atoms with Crippen molar-refractivity contribution in [3.8, 4) is 0 Å². The Morgan fingerprint density at radius 1 is 0.250 bits per heavy atom. The molecular weight excluding hydrogens is 1400 g/mol. The number of phosphoric acid groups is 2. The number of aliphatic hydroxyl groups is 1. The van der Waals surface area contributed by atoms with Crippen LogP contribution in [0.2, 0.25) is 0 Å². The van der Waals surface area contributed by atoms with E-state index in [9.17, 15) is 43.2 Å². The first-order valence-corrected chi connectivity index (χ1v) is 48.8. The summed E-state index contributed by atoms with van der Waals surface area (Å²) in [5.74, 6) is 0.320. The van der Waals surface area contributed by atoms with Crippen molar-refractivity contribution in [1.29, 1.82) is 0 Å². The normalized spacial score (nSPS) is 13.8. The summed E-state index contributed by atoms with van der Waals surface area (Å²) in [6.07, 6.45) is 70.7. The van der Waals surface area contributed by atoms with Gasteiger partial charge in [0.05, 0.1) is 26.4 Å². The van der Waals surface area contributed by atoms with Gasteiger partial charge in [0.1, 0.15) is 19.3 Å². The zero-order valence-corrected chi connectivity index (χ0v) is 73.1. The second kappa shape index (κ2) is 78.9. The zero-order valence-electron chi connectivity index (χ0n) is 71.3. The summed E-state index contributed by atoms with van der Waals surface area (Å²) in [6, 6.07) is 0. The third-order valence-corrected chi connectivity index (χ3v) is 22.8. The molecule has 0 aromatic rings. The van der Waals surface area contributed by atoms with Crippen LogP contribution < -0.4 is 0 Å². The zero-order chi connectivity index (χ0) is 79.3. The van der Waals surface area contributed by atoms with E-state index in [4.69, 9.17) is 37.0 Å². The molecule has 108 heavy (non-hydrogen) atoms. The molecule has 0 radical (unpaired) electrons. The predicted molar refractivity (Wildman–Crippen MR) is 446 cm³/mol. The smallest absolute Gasteiger partial charge is 0.462 e. The van der Waals surface area contributed by atoms with E-state index in [-0.39, 0.29) is 25.7 Å². The van der Waals surface area contributed by atoms with E-state index in [0.29, 0.717) is 25.7 Å². The number of phosphoric ester groups is 2. The second-order valence-corrected chi connectivity index (χ2v) is 36.3. The molecule has 0 saturated carbocycles. The van der Waals surface area contributed by atoms with Crippen LogP contribution in [-0.2, 0) is 65.4 Å². The van der Waals surface area contributed by atoms with Crippen LogP contribution in [-0.4, -0.2) is 96.7 Å². The van der Waals surface area contributed by atoms with Crippen molar-refractivity contribution in [3.63, 3.8) is 0 Å². The lowest BCUT2D eigenvalue weighted by molar-refractivity contribution is -0.161. The maximum Gasteiger partial charge on any atom is 0.472 e. The molecule has 5 atom stereocenters. The maximum atomic E-state index is 13.2. The molecule has 0 saturated heterocycles. The highest BCUT2D eigenvalue weighted by molar-refractivity contribution is 7.47. The SMILES string of the molecule is CCCCCCCCCCCCCCCC(=O)OC[C@H](COP(=O)(O)OC[C@H](O)COP(=O)(O)OC[C@@H](COC(=O)CCCCCCCCCCCCCCCCCC(C)C)OC(=O)CCCCCCCCCCCCCCCCCCC(C)C)OC(=O)CCCCCCCCCCCCCCCCCC(C)C. The summed E-state index contributed by atoms with van der Waals surface area (Å²) >= 11 is 0. The molecular formula is C89H174O17P2. The van der Waals surface area contributed by atoms with Gasteiger partial charge in [-0.15, -0.1) is 0 Å². The van der Waals surface area contributed by atoms with Crippen molar-refractivity contribution >= 4 is 39.5 Å². The minimum Gasteiger partial charge on any atom is -0.462 e. The molecule has 0 fully saturated rings. The molecule has 0 bridgehead atoms. The largest absolute Gasteiger partial charge is 0.472 e. The minimum absolute atomic E-state index is 0.108. The number of rotatable bonds is 87. The van der Waals surface area contributed by atoms with Crippen molar-refractivity contribution in [3.05, 3.63) is 0 Å². The summed E-state index contributed by atoms with van der Waals surface area (Å²) in [6.45, 7) is 12.1. The number of esters is 4. The number of unbranched alkanes of at least 4 members (excludes halogenated alkanes) is 55. The Kier molecular flexibility index (Phi) is 77.5.